The van der Waals surface area contributed by atoms with Crippen molar-refractivity contribution in [2.24, 2.45) is 35.5 Å². The maximum absolute atomic E-state index is 12.0. The Hall–Kier alpha value is -1.38. The Bertz CT molecular complexity index is 406. The van der Waals surface area contributed by atoms with E-state index in [0.29, 0.717) is 24.0 Å². The number of ketones is 1. The lowest BCUT2D eigenvalue weighted by molar-refractivity contribution is -0.141. The van der Waals surface area contributed by atoms with Crippen molar-refractivity contribution in [3.63, 3.8) is 0 Å². The zero-order valence-corrected chi connectivity index (χ0v) is 9.52. The number of hydrogen-bond donors (Lipinski definition) is 0. The molecule has 3 saturated carbocycles. The molecule has 3 heteroatoms. The third-order valence-electron chi connectivity index (χ3n) is 5.28. The van der Waals surface area contributed by atoms with Crippen LogP contribution in [0.2, 0.25) is 0 Å². The van der Waals surface area contributed by atoms with E-state index in [1.165, 1.54) is 0 Å². The second-order valence-electron chi connectivity index (χ2n) is 5.86. The molecule has 4 aliphatic rings. The van der Waals surface area contributed by atoms with Gasteiger partial charge in [-0.1, -0.05) is 18.7 Å². The molecule has 3 aliphatic carbocycles. The van der Waals surface area contributed by atoms with Gasteiger partial charge < -0.3 is 4.74 Å². The smallest absolute Gasteiger partial charge is 0.315 e. The molecule has 0 spiro atoms. The third-order valence-corrected chi connectivity index (χ3v) is 5.28. The van der Waals surface area contributed by atoms with Crippen molar-refractivity contribution in [1.82, 2.24) is 0 Å². The average Bonchev–Trinajstić information content (AvgIpc) is 2.92. The molecule has 4 fully saturated rings. The van der Waals surface area contributed by atoms with Crippen molar-refractivity contribution >= 4 is 11.8 Å². The first-order valence-corrected chi connectivity index (χ1v) is 6.20. The summed E-state index contributed by atoms with van der Waals surface area (Å²) in [6.07, 6.45) is 1.49. The van der Waals surface area contributed by atoms with Crippen LogP contribution in [-0.4, -0.2) is 11.8 Å². The summed E-state index contributed by atoms with van der Waals surface area (Å²) in [5.41, 5.74) is 1.07. The maximum atomic E-state index is 12.0. The summed E-state index contributed by atoms with van der Waals surface area (Å²) in [4.78, 5) is 23.8. The summed E-state index contributed by atoms with van der Waals surface area (Å²) in [5, 5.41) is 0. The van der Waals surface area contributed by atoms with Crippen LogP contribution < -0.4 is 0 Å². The van der Waals surface area contributed by atoms with Crippen LogP contribution in [-0.2, 0) is 14.3 Å². The molecule has 6 unspecified atom stereocenters. The number of hydrogen-bond acceptors (Lipinski definition) is 3. The number of fused-ring (bicyclic) bond motifs is 8. The summed E-state index contributed by atoms with van der Waals surface area (Å²) in [6.45, 7) is 7.91. The minimum atomic E-state index is -0.156. The molecule has 17 heavy (non-hydrogen) atoms. The molecular weight excluding hydrogens is 216 g/mol. The Morgan fingerprint density at radius 1 is 1.00 bits per heavy atom. The first-order chi connectivity index (χ1) is 8.09. The maximum Gasteiger partial charge on any atom is 0.315 e. The standard InChI is InChI=1S/C14H14O3/c1-5-3-9(15)12-8-4-7(10(5)12)11-6(2)17-14(16)13(8)11/h7-8,10-13H,1-4H2. The molecule has 0 aromatic rings. The van der Waals surface area contributed by atoms with Crippen molar-refractivity contribution in [2.45, 2.75) is 12.8 Å². The average molecular weight is 230 g/mol. The molecule has 3 nitrogen and oxygen atoms in total. The molecule has 0 amide bonds. The fourth-order valence-electron chi connectivity index (χ4n) is 4.89. The number of carbonyl (C=O) groups excluding carboxylic acids is 2. The van der Waals surface area contributed by atoms with Gasteiger partial charge in [0.2, 0.25) is 0 Å². The van der Waals surface area contributed by atoms with E-state index in [1.807, 2.05) is 0 Å². The second kappa shape index (κ2) is 2.71. The molecule has 0 aromatic carbocycles. The van der Waals surface area contributed by atoms with E-state index < -0.39 is 0 Å². The van der Waals surface area contributed by atoms with Gasteiger partial charge in [-0.15, -0.1) is 0 Å². The highest BCUT2D eigenvalue weighted by Crippen LogP contribution is 2.66. The van der Waals surface area contributed by atoms with Crippen LogP contribution in [0.25, 0.3) is 0 Å². The molecule has 1 heterocycles. The predicted octanol–water partition coefficient (Wildman–Crippen LogP) is 1.70. The van der Waals surface area contributed by atoms with E-state index in [-0.39, 0.29) is 35.4 Å². The summed E-state index contributed by atoms with van der Waals surface area (Å²) in [7, 11) is 0. The molecule has 0 N–H and O–H groups in total. The topological polar surface area (TPSA) is 43.4 Å². The van der Waals surface area contributed by atoms with Gasteiger partial charge in [-0.2, -0.15) is 0 Å². The number of rotatable bonds is 0. The molecule has 1 aliphatic heterocycles. The Morgan fingerprint density at radius 2 is 1.71 bits per heavy atom. The van der Waals surface area contributed by atoms with Crippen molar-refractivity contribution in [1.29, 1.82) is 0 Å². The predicted molar refractivity (Wildman–Crippen MR) is 59.6 cm³/mol. The van der Waals surface area contributed by atoms with Gasteiger partial charge in [0.1, 0.15) is 11.5 Å². The molecule has 4 rings (SSSR count). The van der Waals surface area contributed by atoms with Gasteiger partial charge >= 0.3 is 5.97 Å². The van der Waals surface area contributed by atoms with Crippen LogP contribution in [0, 0.1) is 35.5 Å². The minimum Gasteiger partial charge on any atom is -0.431 e. The summed E-state index contributed by atoms with van der Waals surface area (Å²) in [5.74, 6) is 1.71. The lowest BCUT2D eigenvalue weighted by Gasteiger charge is -2.30. The van der Waals surface area contributed by atoms with Crippen molar-refractivity contribution in [3.05, 3.63) is 24.5 Å². The van der Waals surface area contributed by atoms with Crippen LogP contribution in [0.5, 0.6) is 0 Å². The van der Waals surface area contributed by atoms with Crippen LogP contribution in [0.4, 0.5) is 0 Å². The van der Waals surface area contributed by atoms with Crippen molar-refractivity contribution in [2.75, 3.05) is 0 Å². The molecule has 6 atom stereocenters. The van der Waals surface area contributed by atoms with Gasteiger partial charge in [-0.05, 0) is 24.2 Å². The quantitative estimate of drug-likeness (QED) is 0.470. The monoisotopic (exact) mass is 230 g/mol. The number of cyclic esters (lactones) is 1. The number of allylic oxidation sites excluding steroid dienone is 2. The summed E-state index contributed by atoms with van der Waals surface area (Å²) >= 11 is 0. The Kier molecular flexibility index (Phi) is 1.54. The van der Waals surface area contributed by atoms with E-state index in [4.69, 9.17) is 4.74 Å². The van der Waals surface area contributed by atoms with Crippen molar-refractivity contribution < 1.29 is 14.3 Å². The SMILES string of the molecule is C=C1CC(=O)C2C3CC(C12)C1C(=C)OC(=O)C31. The normalized spacial score (nSPS) is 50.8. The number of Topliss-reactive ketones (excluding diaryl/α,β-unsaturated/α-hetero) is 1. The van der Waals surface area contributed by atoms with Crippen LogP contribution in [0.3, 0.4) is 0 Å². The van der Waals surface area contributed by atoms with Crippen LogP contribution >= 0.6 is 0 Å². The molecule has 88 valence electrons. The summed E-state index contributed by atoms with van der Waals surface area (Å²) < 4.78 is 5.17. The lowest BCUT2D eigenvalue weighted by atomic mass is 9.69. The highest BCUT2D eigenvalue weighted by atomic mass is 16.5. The van der Waals surface area contributed by atoms with E-state index in [2.05, 4.69) is 13.2 Å². The van der Waals surface area contributed by atoms with E-state index in [0.717, 1.165) is 12.0 Å². The fraction of sp³-hybridized carbons (Fsp3) is 0.571. The van der Waals surface area contributed by atoms with Crippen LogP contribution in [0.15, 0.2) is 24.5 Å². The van der Waals surface area contributed by atoms with Gasteiger partial charge in [0, 0.05) is 18.3 Å². The molecule has 2 bridgehead atoms. The Labute approximate surface area is 99.5 Å². The minimum absolute atomic E-state index is 0.0483. The molecule has 1 saturated heterocycles. The number of carbonyl (C=O) groups is 2. The fourth-order valence-corrected chi connectivity index (χ4v) is 4.89. The number of esters is 1. The number of ether oxygens (including phenoxy) is 1. The Morgan fingerprint density at radius 3 is 2.47 bits per heavy atom. The van der Waals surface area contributed by atoms with Gasteiger partial charge in [0.15, 0.2) is 0 Å². The second-order valence-corrected chi connectivity index (χ2v) is 5.86. The first kappa shape index (κ1) is 9.63. The molecule has 0 radical (unpaired) electrons. The lowest BCUT2D eigenvalue weighted by Crippen LogP contribution is -2.35. The van der Waals surface area contributed by atoms with E-state index in [9.17, 15) is 9.59 Å². The zero-order chi connectivity index (χ0) is 11.9. The zero-order valence-electron chi connectivity index (χ0n) is 9.52. The molecule has 0 aromatic heterocycles. The van der Waals surface area contributed by atoms with Crippen molar-refractivity contribution in [3.8, 4) is 0 Å². The van der Waals surface area contributed by atoms with Gasteiger partial charge in [-0.25, -0.2) is 0 Å². The van der Waals surface area contributed by atoms with Gasteiger partial charge in [0.05, 0.1) is 5.92 Å². The van der Waals surface area contributed by atoms with E-state index in [1.54, 1.807) is 0 Å². The highest BCUT2D eigenvalue weighted by Gasteiger charge is 2.67. The largest absolute Gasteiger partial charge is 0.431 e. The van der Waals surface area contributed by atoms with Gasteiger partial charge in [0.25, 0.3) is 0 Å². The highest BCUT2D eigenvalue weighted by molar-refractivity contribution is 5.90. The van der Waals surface area contributed by atoms with E-state index >= 15 is 0 Å². The third kappa shape index (κ3) is 0.909. The first-order valence-electron chi connectivity index (χ1n) is 6.20. The van der Waals surface area contributed by atoms with Crippen LogP contribution in [0.1, 0.15) is 12.8 Å². The summed E-state index contributed by atoms with van der Waals surface area (Å²) in [6, 6.07) is 0. The van der Waals surface area contributed by atoms with Gasteiger partial charge in [-0.3, -0.25) is 9.59 Å². The molecular formula is C14H14O3. The Balaban J connectivity index is 1.82.